The molecule has 0 aliphatic carbocycles. The van der Waals surface area contributed by atoms with Gasteiger partial charge in [-0.1, -0.05) is 19.1 Å². The number of ether oxygens (including phenoxy) is 2. The zero-order chi connectivity index (χ0) is 20.2. The van der Waals surface area contributed by atoms with E-state index in [0.29, 0.717) is 19.6 Å². The van der Waals surface area contributed by atoms with Crippen LogP contribution in [0.4, 0.5) is 0 Å². The molecule has 0 bridgehead atoms. The van der Waals surface area contributed by atoms with Crippen LogP contribution in [-0.2, 0) is 11.3 Å². The third-order valence-electron chi connectivity index (χ3n) is 5.50. The minimum Gasteiger partial charge on any atom is -0.497 e. The maximum Gasteiger partial charge on any atom is 0.222 e. The summed E-state index contributed by atoms with van der Waals surface area (Å²) in [6, 6.07) is 15.8. The molecule has 1 aliphatic heterocycles. The van der Waals surface area contributed by atoms with E-state index in [4.69, 9.17) is 14.5 Å². The Bertz CT molecular complexity index is 981. The molecule has 1 aromatic heterocycles. The molecule has 4 rings (SSSR count). The molecule has 152 valence electrons. The number of nitrogens with zero attached hydrogens (tertiary/aromatic N) is 3. The molecule has 2 aromatic carbocycles. The number of fused-ring (bicyclic) bond motifs is 1. The Morgan fingerprint density at radius 2 is 1.90 bits per heavy atom. The van der Waals surface area contributed by atoms with Crippen LogP contribution >= 0.6 is 0 Å². The first-order chi connectivity index (χ1) is 14.2. The van der Waals surface area contributed by atoms with Crippen molar-refractivity contribution in [1.82, 2.24) is 14.5 Å². The van der Waals surface area contributed by atoms with E-state index in [1.807, 2.05) is 54.3 Å². The molecular formula is C23H27N3O3. The van der Waals surface area contributed by atoms with Crippen molar-refractivity contribution >= 4 is 16.9 Å². The Labute approximate surface area is 171 Å². The molecule has 1 amide bonds. The van der Waals surface area contributed by atoms with E-state index in [-0.39, 0.29) is 11.9 Å². The van der Waals surface area contributed by atoms with Gasteiger partial charge in [0.15, 0.2) is 0 Å². The number of para-hydroxylation sites is 2. The summed E-state index contributed by atoms with van der Waals surface area (Å²) in [7, 11) is 1.65. The highest BCUT2D eigenvalue weighted by Crippen LogP contribution is 2.33. The number of carbonyl (C=O) groups is 1. The largest absolute Gasteiger partial charge is 0.497 e. The number of methoxy groups -OCH3 is 1. The average molecular weight is 393 g/mol. The van der Waals surface area contributed by atoms with Gasteiger partial charge in [-0.3, -0.25) is 4.79 Å². The molecule has 1 atom stereocenters. The molecule has 29 heavy (non-hydrogen) atoms. The number of hydrogen-bond donors (Lipinski definition) is 0. The summed E-state index contributed by atoms with van der Waals surface area (Å²) in [5.74, 6) is 2.77. The van der Waals surface area contributed by atoms with Crippen molar-refractivity contribution in [2.75, 3.05) is 20.3 Å². The van der Waals surface area contributed by atoms with Crippen LogP contribution in [0.15, 0.2) is 48.5 Å². The van der Waals surface area contributed by atoms with Gasteiger partial charge in [0, 0.05) is 13.0 Å². The number of aromatic nitrogens is 2. The molecule has 0 N–H and O–H groups in total. The predicted molar refractivity (Wildman–Crippen MR) is 112 cm³/mol. The topological polar surface area (TPSA) is 56.6 Å². The highest BCUT2D eigenvalue weighted by atomic mass is 16.5. The van der Waals surface area contributed by atoms with E-state index in [1.54, 1.807) is 7.11 Å². The molecule has 3 aromatic rings. The quantitative estimate of drug-likeness (QED) is 0.604. The molecule has 6 nitrogen and oxygen atoms in total. The Morgan fingerprint density at radius 1 is 1.14 bits per heavy atom. The maximum atomic E-state index is 12.4. The molecule has 0 spiro atoms. The molecule has 0 saturated carbocycles. The van der Waals surface area contributed by atoms with Crippen molar-refractivity contribution in [1.29, 1.82) is 0 Å². The zero-order valence-corrected chi connectivity index (χ0v) is 17.0. The molecule has 0 unspecified atom stereocenters. The monoisotopic (exact) mass is 393 g/mol. The number of amides is 1. The summed E-state index contributed by atoms with van der Waals surface area (Å²) >= 11 is 0. The van der Waals surface area contributed by atoms with Crippen LogP contribution in [0.1, 0.15) is 38.1 Å². The number of likely N-dealkylation sites (tertiary alicyclic amines) is 1. The van der Waals surface area contributed by atoms with Gasteiger partial charge in [-0.15, -0.1) is 0 Å². The lowest BCUT2D eigenvalue weighted by Gasteiger charge is -2.25. The third-order valence-corrected chi connectivity index (χ3v) is 5.50. The SMILES string of the molecule is CCC(=O)N1CCC[C@H]1c1nc2ccccc2n1CCOc1ccc(OC)cc1. The van der Waals surface area contributed by atoms with Crippen molar-refractivity contribution in [3.8, 4) is 11.5 Å². The Hall–Kier alpha value is -3.02. The summed E-state index contributed by atoms with van der Waals surface area (Å²) in [6.07, 6.45) is 2.49. The van der Waals surface area contributed by atoms with Crippen LogP contribution in [0.3, 0.4) is 0 Å². The van der Waals surface area contributed by atoms with E-state index >= 15 is 0 Å². The Balaban J connectivity index is 1.57. The van der Waals surface area contributed by atoms with Gasteiger partial charge < -0.3 is 18.9 Å². The van der Waals surface area contributed by atoms with Gasteiger partial charge in [-0.2, -0.15) is 0 Å². The van der Waals surface area contributed by atoms with Gasteiger partial charge in [0.2, 0.25) is 5.91 Å². The number of benzene rings is 2. The molecule has 1 aliphatic rings. The minimum atomic E-state index is 0.0378. The van der Waals surface area contributed by atoms with Gasteiger partial charge in [-0.25, -0.2) is 4.98 Å². The predicted octanol–water partition coefficient (Wildman–Crippen LogP) is 4.20. The van der Waals surface area contributed by atoms with Crippen LogP contribution < -0.4 is 9.47 Å². The Kier molecular flexibility index (Phi) is 5.69. The fourth-order valence-electron chi connectivity index (χ4n) is 4.05. The highest BCUT2D eigenvalue weighted by molar-refractivity contribution is 5.78. The van der Waals surface area contributed by atoms with Crippen LogP contribution in [0.2, 0.25) is 0 Å². The van der Waals surface area contributed by atoms with Gasteiger partial charge in [-0.05, 0) is 49.2 Å². The second kappa shape index (κ2) is 8.55. The molecule has 1 fully saturated rings. The number of imidazole rings is 1. The fourth-order valence-corrected chi connectivity index (χ4v) is 4.05. The lowest BCUT2D eigenvalue weighted by molar-refractivity contribution is -0.131. The minimum absolute atomic E-state index is 0.0378. The van der Waals surface area contributed by atoms with Crippen molar-refractivity contribution in [2.24, 2.45) is 0 Å². The van der Waals surface area contributed by atoms with Crippen LogP contribution in [-0.4, -0.2) is 40.6 Å². The number of carbonyl (C=O) groups excluding carboxylic acids is 1. The Morgan fingerprint density at radius 3 is 2.66 bits per heavy atom. The summed E-state index contributed by atoms with van der Waals surface area (Å²) in [4.78, 5) is 19.3. The number of rotatable bonds is 7. The maximum absolute atomic E-state index is 12.4. The first kappa shape index (κ1) is 19.3. The molecule has 6 heteroatoms. The third kappa shape index (κ3) is 3.92. The van der Waals surface area contributed by atoms with Crippen molar-refractivity contribution in [2.45, 2.75) is 38.8 Å². The lowest BCUT2D eigenvalue weighted by Crippen LogP contribution is -2.31. The molecule has 2 heterocycles. The molecule has 1 saturated heterocycles. The zero-order valence-electron chi connectivity index (χ0n) is 17.0. The van der Waals surface area contributed by atoms with E-state index in [2.05, 4.69) is 10.6 Å². The van der Waals surface area contributed by atoms with Crippen molar-refractivity contribution in [3.05, 3.63) is 54.4 Å². The van der Waals surface area contributed by atoms with Gasteiger partial charge in [0.25, 0.3) is 0 Å². The van der Waals surface area contributed by atoms with E-state index in [9.17, 15) is 4.79 Å². The molecular weight excluding hydrogens is 366 g/mol. The molecule has 0 radical (unpaired) electrons. The highest BCUT2D eigenvalue weighted by Gasteiger charge is 2.32. The normalized spacial score (nSPS) is 16.3. The van der Waals surface area contributed by atoms with Crippen LogP contribution in [0.25, 0.3) is 11.0 Å². The van der Waals surface area contributed by atoms with Crippen LogP contribution in [0.5, 0.6) is 11.5 Å². The van der Waals surface area contributed by atoms with E-state index < -0.39 is 0 Å². The average Bonchev–Trinajstić information content (AvgIpc) is 3.38. The van der Waals surface area contributed by atoms with Crippen molar-refractivity contribution < 1.29 is 14.3 Å². The van der Waals surface area contributed by atoms with Crippen LogP contribution in [0, 0.1) is 0 Å². The standard InChI is InChI=1S/C23H27N3O3/c1-3-22(27)25-14-6-9-21(25)23-24-19-7-4-5-8-20(19)26(23)15-16-29-18-12-10-17(28-2)11-13-18/h4-5,7-8,10-13,21H,3,6,9,14-16H2,1-2H3/t21-/m0/s1. The first-order valence-corrected chi connectivity index (χ1v) is 10.2. The smallest absolute Gasteiger partial charge is 0.222 e. The van der Waals surface area contributed by atoms with Gasteiger partial charge >= 0.3 is 0 Å². The first-order valence-electron chi connectivity index (χ1n) is 10.2. The second-order valence-corrected chi connectivity index (χ2v) is 7.23. The summed E-state index contributed by atoms with van der Waals surface area (Å²) in [5.41, 5.74) is 2.04. The van der Waals surface area contributed by atoms with Gasteiger partial charge in [0.1, 0.15) is 23.9 Å². The number of hydrogen-bond acceptors (Lipinski definition) is 4. The van der Waals surface area contributed by atoms with Gasteiger partial charge in [0.05, 0.1) is 30.7 Å². The summed E-state index contributed by atoms with van der Waals surface area (Å²) in [6.45, 7) is 3.92. The summed E-state index contributed by atoms with van der Waals surface area (Å²) in [5, 5.41) is 0. The van der Waals surface area contributed by atoms with Crippen molar-refractivity contribution in [3.63, 3.8) is 0 Å². The fraction of sp³-hybridized carbons (Fsp3) is 0.391. The lowest BCUT2D eigenvalue weighted by atomic mass is 10.2. The van der Waals surface area contributed by atoms with E-state index in [1.165, 1.54) is 0 Å². The second-order valence-electron chi connectivity index (χ2n) is 7.23. The summed E-state index contributed by atoms with van der Waals surface area (Å²) < 4.78 is 13.4. The van der Waals surface area contributed by atoms with E-state index in [0.717, 1.165) is 47.7 Å².